The van der Waals surface area contributed by atoms with Crippen LogP contribution in [0.5, 0.6) is 0 Å². The maximum absolute atomic E-state index is 14.4. The molecule has 0 aromatic rings. The molecule has 22 heavy (non-hydrogen) atoms. The van der Waals surface area contributed by atoms with Crippen LogP contribution in [0.1, 0.15) is 39.5 Å². The molecule has 0 bridgehead atoms. The largest absolute Gasteiger partial charge is 0.381 e. The summed E-state index contributed by atoms with van der Waals surface area (Å²) < 4.78 is 120. The van der Waals surface area contributed by atoms with E-state index in [2.05, 4.69) is 0 Å². The van der Waals surface area contributed by atoms with Gasteiger partial charge in [0.25, 0.3) is 5.67 Å². The highest BCUT2D eigenvalue weighted by Crippen LogP contribution is 2.71. The Bertz CT molecular complexity index is 408. The van der Waals surface area contributed by atoms with Crippen LogP contribution in [0.15, 0.2) is 0 Å². The third-order valence-electron chi connectivity index (χ3n) is 4.07. The normalized spacial score (nSPS) is 30.0. The smallest absolute Gasteiger partial charge is 0.230 e. The fraction of sp³-hybridized carbons (Fsp3) is 1.00. The van der Waals surface area contributed by atoms with E-state index < -0.39 is 39.2 Å². The molecule has 1 fully saturated rings. The van der Waals surface area contributed by atoms with Gasteiger partial charge in [0.05, 0.1) is 0 Å². The maximum atomic E-state index is 14.4. The molecule has 0 radical (unpaired) electrons. The van der Waals surface area contributed by atoms with Gasteiger partial charge >= 0.3 is 23.7 Å². The number of hydrogen-bond donors (Lipinski definition) is 0. The first-order chi connectivity index (χ1) is 9.58. The lowest BCUT2D eigenvalue weighted by Gasteiger charge is -2.37. The van der Waals surface area contributed by atoms with Crippen molar-refractivity contribution in [1.29, 1.82) is 0 Å². The third-order valence-corrected chi connectivity index (χ3v) is 5.75. The van der Waals surface area contributed by atoms with Crippen LogP contribution < -0.4 is 0 Å². The number of hydrogen-bond acceptors (Lipinski definition) is 0. The van der Waals surface area contributed by atoms with Gasteiger partial charge in [-0.1, -0.05) is 42.9 Å². The molecule has 1 unspecified atom stereocenters. The standard InChI is InChI=1S/C12H14F9I/c1-3-5-7(22,4-2)6-8(13)9(14,15)11(18,19)12(20,21)10(8,16)17/h3-6H2,1-2H3. The van der Waals surface area contributed by atoms with Crippen molar-refractivity contribution in [2.24, 2.45) is 0 Å². The van der Waals surface area contributed by atoms with Crippen molar-refractivity contribution in [3.63, 3.8) is 0 Å². The minimum Gasteiger partial charge on any atom is -0.230 e. The minimum atomic E-state index is -6.48. The Morgan fingerprint density at radius 2 is 1.09 bits per heavy atom. The van der Waals surface area contributed by atoms with E-state index in [4.69, 9.17) is 0 Å². The van der Waals surface area contributed by atoms with Gasteiger partial charge in [-0.25, -0.2) is 4.39 Å². The van der Waals surface area contributed by atoms with E-state index in [9.17, 15) is 39.5 Å². The molecule has 0 amide bonds. The second kappa shape index (κ2) is 5.30. The molecule has 1 aliphatic carbocycles. The number of rotatable bonds is 5. The van der Waals surface area contributed by atoms with E-state index in [-0.39, 0.29) is 19.3 Å². The van der Waals surface area contributed by atoms with Crippen molar-refractivity contribution in [2.75, 3.05) is 0 Å². The van der Waals surface area contributed by atoms with E-state index in [1.807, 2.05) is 0 Å². The van der Waals surface area contributed by atoms with Crippen molar-refractivity contribution >= 4 is 22.6 Å². The first-order valence-electron chi connectivity index (χ1n) is 6.47. The molecule has 132 valence electrons. The van der Waals surface area contributed by atoms with Gasteiger partial charge in [0.15, 0.2) is 0 Å². The summed E-state index contributed by atoms with van der Waals surface area (Å²) in [4.78, 5) is 0. The highest BCUT2D eigenvalue weighted by Gasteiger charge is 3.00. The zero-order valence-electron chi connectivity index (χ0n) is 11.6. The molecular formula is C12H14F9I. The van der Waals surface area contributed by atoms with Crippen LogP contribution in [-0.4, -0.2) is 32.8 Å². The van der Waals surface area contributed by atoms with Gasteiger partial charge in [-0.05, 0) is 12.8 Å². The van der Waals surface area contributed by atoms with Gasteiger partial charge in [-0.3, -0.25) is 0 Å². The Balaban J connectivity index is 3.49. The molecule has 0 aliphatic heterocycles. The molecule has 0 saturated heterocycles. The summed E-state index contributed by atoms with van der Waals surface area (Å²) in [6, 6.07) is 0. The summed E-state index contributed by atoms with van der Waals surface area (Å²) >= 11 is 1.40. The number of alkyl halides is 10. The summed E-state index contributed by atoms with van der Waals surface area (Å²) in [5.41, 5.74) is -5.33. The molecule has 0 N–H and O–H groups in total. The van der Waals surface area contributed by atoms with Gasteiger partial charge in [-0.2, -0.15) is 35.1 Å². The van der Waals surface area contributed by atoms with Crippen molar-refractivity contribution in [1.82, 2.24) is 0 Å². The van der Waals surface area contributed by atoms with Crippen LogP contribution >= 0.6 is 22.6 Å². The highest BCUT2D eigenvalue weighted by molar-refractivity contribution is 14.1. The van der Waals surface area contributed by atoms with Gasteiger partial charge in [0.1, 0.15) is 0 Å². The van der Waals surface area contributed by atoms with Crippen LogP contribution in [0, 0.1) is 0 Å². The molecule has 0 heterocycles. The molecule has 1 saturated carbocycles. The van der Waals surface area contributed by atoms with Crippen LogP contribution in [-0.2, 0) is 0 Å². The Morgan fingerprint density at radius 3 is 1.36 bits per heavy atom. The van der Waals surface area contributed by atoms with Crippen molar-refractivity contribution in [2.45, 2.75) is 72.3 Å². The monoisotopic (exact) mass is 456 g/mol. The van der Waals surface area contributed by atoms with Gasteiger partial charge in [-0.15, -0.1) is 0 Å². The Hall–Kier alpha value is 0.1000. The molecule has 1 atom stereocenters. The molecule has 0 spiro atoms. The zero-order valence-corrected chi connectivity index (χ0v) is 13.8. The maximum Gasteiger partial charge on any atom is 0.381 e. The van der Waals surface area contributed by atoms with E-state index >= 15 is 0 Å². The van der Waals surface area contributed by atoms with Crippen LogP contribution in [0.25, 0.3) is 0 Å². The Labute approximate surface area is 134 Å². The molecule has 10 heteroatoms. The second-order valence-corrected chi connectivity index (χ2v) is 7.82. The lowest BCUT2D eigenvalue weighted by molar-refractivity contribution is -0.303. The summed E-state index contributed by atoms with van der Waals surface area (Å²) in [7, 11) is 0. The van der Waals surface area contributed by atoms with E-state index in [0.717, 1.165) is 0 Å². The van der Waals surface area contributed by atoms with Crippen molar-refractivity contribution in [3.8, 4) is 0 Å². The first-order valence-corrected chi connectivity index (χ1v) is 7.55. The van der Waals surface area contributed by atoms with Crippen LogP contribution in [0.3, 0.4) is 0 Å². The average Bonchev–Trinajstić information content (AvgIpc) is 2.41. The molecule has 1 rings (SSSR count). The third kappa shape index (κ3) is 2.17. The van der Waals surface area contributed by atoms with Crippen molar-refractivity contribution < 1.29 is 39.5 Å². The summed E-state index contributed by atoms with van der Waals surface area (Å²) in [6.07, 6.45) is -1.71. The average molecular weight is 456 g/mol. The minimum absolute atomic E-state index is 0.0565. The molecule has 0 aromatic heterocycles. The molecule has 1 aliphatic rings. The zero-order chi connectivity index (χ0) is 17.8. The van der Waals surface area contributed by atoms with Gasteiger partial charge in [0, 0.05) is 9.84 Å². The van der Waals surface area contributed by atoms with E-state index in [1.54, 1.807) is 6.92 Å². The van der Waals surface area contributed by atoms with E-state index in [1.165, 1.54) is 29.5 Å². The van der Waals surface area contributed by atoms with Crippen LogP contribution in [0.4, 0.5) is 39.5 Å². The summed E-state index contributed by atoms with van der Waals surface area (Å²) in [6.45, 7) is 2.90. The Morgan fingerprint density at radius 1 is 0.727 bits per heavy atom. The topological polar surface area (TPSA) is 0 Å². The number of halogens is 10. The van der Waals surface area contributed by atoms with E-state index in [0.29, 0.717) is 0 Å². The second-order valence-electron chi connectivity index (χ2n) is 5.53. The van der Waals surface area contributed by atoms with Crippen molar-refractivity contribution in [3.05, 3.63) is 0 Å². The lowest BCUT2D eigenvalue weighted by Crippen LogP contribution is -2.57. The predicted octanol–water partition coefficient (Wildman–Crippen LogP) is 6.02. The Kier molecular flexibility index (Phi) is 4.85. The fourth-order valence-electron chi connectivity index (χ4n) is 2.59. The molecule has 0 nitrogen and oxygen atoms in total. The van der Waals surface area contributed by atoms with Gasteiger partial charge in [0.2, 0.25) is 0 Å². The quantitative estimate of drug-likeness (QED) is 0.270. The molecule has 0 aromatic carbocycles. The SMILES string of the molecule is CCCC(I)(CC)CC1(F)C(F)(F)C(F)(F)C(F)(F)C1(F)F. The summed E-state index contributed by atoms with van der Waals surface area (Å²) in [5.74, 6) is -25.3. The predicted molar refractivity (Wildman–Crippen MR) is 70.2 cm³/mol. The molecular weight excluding hydrogens is 442 g/mol. The highest BCUT2D eigenvalue weighted by atomic mass is 127. The van der Waals surface area contributed by atoms with Gasteiger partial charge < -0.3 is 0 Å². The first kappa shape index (κ1) is 20.1. The van der Waals surface area contributed by atoms with Crippen LogP contribution in [0.2, 0.25) is 0 Å². The lowest BCUT2D eigenvalue weighted by atomic mass is 9.82. The summed E-state index contributed by atoms with van der Waals surface area (Å²) in [5, 5.41) is 0. The fourth-order valence-corrected chi connectivity index (χ4v) is 3.65.